The normalized spacial score (nSPS) is 11.9. The summed E-state index contributed by atoms with van der Waals surface area (Å²) in [5.41, 5.74) is 6.03. The Balaban J connectivity index is 2.93. The molecule has 0 fully saturated rings. The fourth-order valence-corrected chi connectivity index (χ4v) is 2.50. The molecule has 0 unspecified atom stereocenters. The first kappa shape index (κ1) is 9.75. The zero-order chi connectivity index (χ0) is 9.03. The first-order valence-corrected chi connectivity index (χ1v) is 5.27. The van der Waals surface area contributed by atoms with Gasteiger partial charge in [0, 0.05) is 22.2 Å². The molecule has 0 atom stereocenters. The van der Waals surface area contributed by atoms with Gasteiger partial charge in [-0.05, 0) is 25.0 Å². The number of hydrogen-bond donors (Lipinski definition) is 1. The minimum atomic E-state index is 0.213. The van der Waals surface area contributed by atoms with E-state index in [1.807, 2.05) is 6.07 Å². The van der Waals surface area contributed by atoms with Gasteiger partial charge in [0.2, 0.25) is 0 Å². The first-order valence-electron chi connectivity index (χ1n) is 4.45. The lowest BCUT2D eigenvalue weighted by molar-refractivity contribution is 0.415. The van der Waals surface area contributed by atoms with E-state index in [1.165, 1.54) is 4.88 Å². The molecule has 0 saturated carbocycles. The summed E-state index contributed by atoms with van der Waals surface area (Å²) >= 11 is 1.70. The van der Waals surface area contributed by atoms with E-state index in [0.717, 1.165) is 19.4 Å². The highest BCUT2D eigenvalue weighted by molar-refractivity contribution is 7.09. The Labute approximate surface area is 78.6 Å². The highest BCUT2D eigenvalue weighted by atomic mass is 32.1. The predicted octanol–water partition coefficient (Wildman–Crippen LogP) is 2.56. The molecule has 0 aromatic carbocycles. The number of hydrogen-bond acceptors (Lipinski definition) is 2. The Morgan fingerprint density at radius 3 is 2.50 bits per heavy atom. The third kappa shape index (κ3) is 1.54. The average Bonchev–Trinajstić information content (AvgIpc) is 2.62. The van der Waals surface area contributed by atoms with Crippen molar-refractivity contribution in [1.29, 1.82) is 0 Å². The van der Waals surface area contributed by atoms with Gasteiger partial charge >= 0.3 is 0 Å². The van der Waals surface area contributed by atoms with Crippen LogP contribution in [-0.2, 0) is 5.41 Å². The Morgan fingerprint density at radius 1 is 1.50 bits per heavy atom. The van der Waals surface area contributed by atoms with E-state index < -0.39 is 0 Å². The Morgan fingerprint density at radius 2 is 2.17 bits per heavy atom. The summed E-state index contributed by atoms with van der Waals surface area (Å²) in [6.45, 7) is 5.15. The molecule has 0 spiro atoms. The van der Waals surface area contributed by atoms with E-state index in [-0.39, 0.29) is 5.41 Å². The van der Waals surface area contributed by atoms with E-state index in [1.54, 1.807) is 11.3 Å². The molecule has 0 bridgehead atoms. The Hall–Kier alpha value is -0.340. The zero-order valence-corrected chi connectivity index (χ0v) is 8.58. The van der Waals surface area contributed by atoms with E-state index >= 15 is 0 Å². The Bertz CT molecular complexity index is 203. The molecule has 1 rings (SSSR count). The van der Waals surface area contributed by atoms with Crippen LogP contribution in [0.5, 0.6) is 0 Å². The van der Waals surface area contributed by atoms with Crippen molar-refractivity contribution in [2.24, 2.45) is 5.73 Å². The summed E-state index contributed by atoms with van der Waals surface area (Å²) in [4.78, 5) is 1.38. The van der Waals surface area contributed by atoms with Crippen molar-refractivity contribution >= 4 is 11.3 Å². The van der Waals surface area contributed by atoms with Gasteiger partial charge in [-0.2, -0.15) is 0 Å². The SMILES string of the molecule is CCC(CC)(CN)c1cc[c]s1. The fourth-order valence-electron chi connectivity index (χ4n) is 1.51. The maximum atomic E-state index is 5.81. The summed E-state index contributed by atoms with van der Waals surface area (Å²) in [6, 6.07) is 4.13. The molecule has 0 amide bonds. The lowest BCUT2D eigenvalue weighted by Gasteiger charge is -2.28. The molecule has 0 saturated heterocycles. The maximum absolute atomic E-state index is 5.81. The van der Waals surface area contributed by atoms with Gasteiger partial charge in [-0.3, -0.25) is 0 Å². The van der Waals surface area contributed by atoms with Crippen LogP contribution in [0.3, 0.4) is 0 Å². The van der Waals surface area contributed by atoms with Crippen LogP contribution in [0, 0.1) is 5.38 Å². The molecule has 0 aliphatic heterocycles. The summed E-state index contributed by atoms with van der Waals surface area (Å²) in [5, 5.41) is 3.12. The van der Waals surface area contributed by atoms with Crippen LogP contribution >= 0.6 is 11.3 Å². The van der Waals surface area contributed by atoms with Gasteiger partial charge in [0.1, 0.15) is 0 Å². The largest absolute Gasteiger partial charge is 0.330 e. The molecule has 1 aromatic heterocycles. The molecule has 1 aromatic rings. The molecule has 2 heteroatoms. The van der Waals surface area contributed by atoms with Crippen LogP contribution < -0.4 is 5.73 Å². The monoisotopic (exact) mass is 182 g/mol. The minimum absolute atomic E-state index is 0.213. The lowest BCUT2D eigenvalue weighted by atomic mass is 9.81. The molecule has 2 N–H and O–H groups in total. The third-order valence-corrected chi connectivity index (χ3v) is 3.78. The van der Waals surface area contributed by atoms with Gasteiger partial charge in [0.15, 0.2) is 0 Å². The van der Waals surface area contributed by atoms with Gasteiger partial charge in [-0.15, -0.1) is 11.3 Å². The Kier molecular flexibility index (Phi) is 3.29. The molecule has 67 valence electrons. The topological polar surface area (TPSA) is 26.0 Å². The van der Waals surface area contributed by atoms with Gasteiger partial charge in [0.25, 0.3) is 0 Å². The fraction of sp³-hybridized carbons (Fsp3) is 0.600. The minimum Gasteiger partial charge on any atom is -0.330 e. The van der Waals surface area contributed by atoms with Gasteiger partial charge in [-0.1, -0.05) is 13.8 Å². The first-order chi connectivity index (χ1) is 5.79. The van der Waals surface area contributed by atoms with Crippen LogP contribution in [0.25, 0.3) is 0 Å². The molecule has 1 nitrogen and oxygen atoms in total. The van der Waals surface area contributed by atoms with Crippen molar-refractivity contribution in [2.45, 2.75) is 32.1 Å². The van der Waals surface area contributed by atoms with Crippen molar-refractivity contribution in [3.8, 4) is 0 Å². The van der Waals surface area contributed by atoms with E-state index in [0.29, 0.717) is 0 Å². The van der Waals surface area contributed by atoms with Crippen molar-refractivity contribution in [3.05, 3.63) is 22.4 Å². The van der Waals surface area contributed by atoms with Gasteiger partial charge in [-0.25, -0.2) is 0 Å². The lowest BCUT2D eigenvalue weighted by Crippen LogP contribution is -2.32. The summed E-state index contributed by atoms with van der Waals surface area (Å²) < 4.78 is 0. The summed E-state index contributed by atoms with van der Waals surface area (Å²) in [7, 11) is 0. The average molecular weight is 182 g/mol. The summed E-state index contributed by atoms with van der Waals surface area (Å²) in [6.07, 6.45) is 2.24. The predicted molar refractivity (Wildman–Crippen MR) is 54.5 cm³/mol. The second-order valence-electron chi connectivity index (χ2n) is 3.11. The second kappa shape index (κ2) is 4.06. The molecule has 0 aliphatic rings. The summed E-state index contributed by atoms with van der Waals surface area (Å²) in [5.74, 6) is 0. The molecule has 0 aliphatic carbocycles. The number of nitrogens with two attached hydrogens (primary N) is 1. The maximum Gasteiger partial charge on any atom is 0.0445 e. The van der Waals surface area contributed by atoms with E-state index in [2.05, 4.69) is 25.3 Å². The molecule has 1 radical (unpaired) electrons. The quantitative estimate of drug-likeness (QED) is 0.761. The molecule has 1 heterocycles. The zero-order valence-electron chi connectivity index (χ0n) is 7.76. The third-order valence-electron chi connectivity index (χ3n) is 2.74. The highest BCUT2D eigenvalue weighted by Gasteiger charge is 2.27. The van der Waals surface area contributed by atoms with Crippen LogP contribution in [0.4, 0.5) is 0 Å². The van der Waals surface area contributed by atoms with Crippen LogP contribution in [-0.4, -0.2) is 6.54 Å². The van der Waals surface area contributed by atoms with Crippen molar-refractivity contribution in [1.82, 2.24) is 0 Å². The molecular weight excluding hydrogens is 166 g/mol. The number of thiophene rings is 1. The number of rotatable bonds is 4. The van der Waals surface area contributed by atoms with Crippen molar-refractivity contribution < 1.29 is 0 Å². The van der Waals surface area contributed by atoms with Crippen LogP contribution in [0.1, 0.15) is 31.6 Å². The molecular formula is C10H16NS. The van der Waals surface area contributed by atoms with E-state index in [9.17, 15) is 0 Å². The second-order valence-corrected chi connectivity index (χ2v) is 3.99. The van der Waals surface area contributed by atoms with Crippen LogP contribution in [0.2, 0.25) is 0 Å². The standard InChI is InChI=1S/C10H16NS/c1-3-10(4-2,8-11)9-6-5-7-12-9/h5-6H,3-4,8,11H2,1-2H3. The van der Waals surface area contributed by atoms with Crippen molar-refractivity contribution in [2.75, 3.05) is 6.54 Å². The van der Waals surface area contributed by atoms with Crippen molar-refractivity contribution in [3.63, 3.8) is 0 Å². The van der Waals surface area contributed by atoms with E-state index in [4.69, 9.17) is 5.73 Å². The molecule has 12 heavy (non-hydrogen) atoms. The smallest absolute Gasteiger partial charge is 0.0445 e. The van der Waals surface area contributed by atoms with Gasteiger partial charge < -0.3 is 5.73 Å². The highest BCUT2D eigenvalue weighted by Crippen LogP contribution is 2.33. The van der Waals surface area contributed by atoms with Crippen LogP contribution in [0.15, 0.2) is 12.1 Å². The van der Waals surface area contributed by atoms with Gasteiger partial charge in [0.05, 0.1) is 0 Å².